The van der Waals surface area contributed by atoms with Crippen LogP contribution in [0, 0.1) is 12.8 Å². The standard InChI is InChI=1S/C30H31Cl3F2N6O/c1-4-30(34,35)19-8-6-12-41(16-19)23-14-24-22(13-21(23)32)38-29(40(24)3)39-27-20(31)10-9-18(25(27)33)15-37-28(42)26-17(2)7-5-11-36-26/h5,7,9-11,13-14,19H,4,6,8,12,15-16H2,1-3H3,(H,37,42)(H,38,39). The van der Waals surface area contributed by atoms with Gasteiger partial charge < -0.3 is 20.1 Å². The van der Waals surface area contributed by atoms with Crippen LogP contribution in [0.1, 0.15) is 47.8 Å². The van der Waals surface area contributed by atoms with Crippen LogP contribution in [0.3, 0.4) is 0 Å². The number of nitrogens with one attached hydrogen (secondary N) is 2. The number of benzene rings is 2. The van der Waals surface area contributed by atoms with Crippen molar-refractivity contribution in [2.45, 2.75) is 45.6 Å². The van der Waals surface area contributed by atoms with E-state index in [1.54, 1.807) is 30.5 Å². The molecular weight excluding hydrogens is 605 g/mol. The summed E-state index contributed by atoms with van der Waals surface area (Å²) in [7, 11) is 1.83. The van der Waals surface area contributed by atoms with Crippen molar-refractivity contribution in [2.75, 3.05) is 23.3 Å². The monoisotopic (exact) mass is 634 g/mol. The maximum atomic E-state index is 14.5. The summed E-state index contributed by atoms with van der Waals surface area (Å²) in [6.07, 6.45) is 2.55. The van der Waals surface area contributed by atoms with Gasteiger partial charge in [0.15, 0.2) is 0 Å². The highest BCUT2D eigenvalue weighted by atomic mass is 35.5. The molecule has 222 valence electrons. The van der Waals surface area contributed by atoms with Crippen molar-refractivity contribution in [3.63, 3.8) is 0 Å². The molecular formula is C30H31Cl3F2N6O. The predicted octanol–water partition coefficient (Wildman–Crippen LogP) is 8.17. The summed E-state index contributed by atoms with van der Waals surface area (Å²) in [6.45, 7) is 4.40. The lowest BCUT2D eigenvalue weighted by Gasteiger charge is -2.38. The third-order valence-electron chi connectivity index (χ3n) is 7.85. The van der Waals surface area contributed by atoms with E-state index in [9.17, 15) is 13.6 Å². The van der Waals surface area contributed by atoms with Gasteiger partial charge in [-0.15, -0.1) is 0 Å². The number of aromatic nitrogens is 3. The van der Waals surface area contributed by atoms with Crippen LogP contribution in [0.15, 0.2) is 42.6 Å². The molecule has 0 radical (unpaired) electrons. The molecule has 7 nitrogen and oxygen atoms in total. The number of hydrogen-bond acceptors (Lipinski definition) is 5. The summed E-state index contributed by atoms with van der Waals surface area (Å²) in [5, 5.41) is 7.24. The number of anilines is 3. The van der Waals surface area contributed by atoms with Crippen molar-refractivity contribution in [2.24, 2.45) is 13.0 Å². The van der Waals surface area contributed by atoms with Gasteiger partial charge >= 0.3 is 0 Å². The van der Waals surface area contributed by atoms with Crippen molar-refractivity contribution in [1.29, 1.82) is 0 Å². The summed E-state index contributed by atoms with van der Waals surface area (Å²) in [5.74, 6) is -3.29. The second-order valence-electron chi connectivity index (χ2n) is 10.6. The second kappa shape index (κ2) is 12.2. The third kappa shape index (κ3) is 6.00. The van der Waals surface area contributed by atoms with Crippen molar-refractivity contribution in [1.82, 2.24) is 19.9 Å². The minimum atomic E-state index is -2.72. The molecule has 0 bridgehead atoms. The molecule has 1 saturated heterocycles. The molecule has 4 aromatic rings. The second-order valence-corrected chi connectivity index (χ2v) is 11.8. The Hall–Kier alpha value is -3.14. The maximum absolute atomic E-state index is 14.5. The SMILES string of the molecule is CCC(F)(F)C1CCCN(c2cc3c(cc2Cl)nc(Nc2c(Cl)ccc(CNC(=O)c4ncccc4C)c2Cl)n3C)C1. The van der Waals surface area contributed by atoms with Crippen LogP contribution >= 0.6 is 34.8 Å². The average Bonchev–Trinajstić information content (AvgIpc) is 3.27. The Labute approximate surface area is 258 Å². The van der Waals surface area contributed by atoms with Gasteiger partial charge in [-0.1, -0.05) is 53.9 Å². The highest BCUT2D eigenvalue weighted by Crippen LogP contribution is 2.40. The van der Waals surface area contributed by atoms with Crippen LogP contribution in [0.2, 0.25) is 15.1 Å². The van der Waals surface area contributed by atoms with Crippen LogP contribution < -0.4 is 15.5 Å². The molecule has 1 aliphatic rings. The van der Waals surface area contributed by atoms with Gasteiger partial charge in [-0.3, -0.25) is 9.78 Å². The quantitative estimate of drug-likeness (QED) is 0.204. The first-order chi connectivity index (χ1) is 20.0. The number of pyridine rings is 1. The highest BCUT2D eigenvalue weighted by Gasteiger charge is 2.40. The summed E-state index contributed by atoms with van der Waals surface area (Å²) >= 11 is 19.9. The summed E-state index contributed by atoms with van der Waals surface area (Å²) in [5.41, 5.74) is 4.29. The van der Waals surface area contributed by atoms with Crippen LogP contribution in [-0.4, -0.2) is 39.5 Å². The average molecular weight is 636 g/mol. The van der Waals surface area contributed by atoms with E-state index >= 15 is 0 Å². The molecule has 0 spiro atoms. The topological polar surface area (TPSA) is 75.1 Å². The Balaban J connectivity index is 1.39. The number of amides is 1. The summed E-state index contributed by atoms with van der Waals surface area (Å²) in [6, 6.07) is 10.7. The zero-order valence-electron chi connectivity index (χ0n) is 23.4. The fourth-order valence-electron chi connectivity index (χ4n) is 5.33. The van der Waals surface area contributed by atoms with E-state index in [1.807, 2.05) is 35.6 Å². The van der Waals surface area contributed by atoms with E-state index in [0.29, 0.717) is 68.6 Å². The Kier molecular flexibility index (Phi) is 8.83. The van der Waals surface area contributed by atoms with Gasteiger partial charge in [0.05, 0.1) is 37.5 Å². The third-order valence-corrected chi connectivity index (χ3v) is 8.90. The Bertz CT molecular complexity index is 1640. The number of alkyl halides is 2. The molecule has 2 aromatic carbocycles. The molecule has 1 atom stereocenters. The number of piperidine rings is 1. The number of aryl methyl sites for hydroxylation is 2. The predicted molar refractivity (Wildman–Crippen MR) is 166 cm³/mol. The molecule has 1 unspecified atom stereocenters. The lowest BCUT2D eigenvalue weighted by molar-refractivity contribution is -0.0651. The number of hydrogen-bond donors (Lipinski definition) is 2. The van der Waals surface area contributed by atoms with Crippen molar-refractivity contribution in [3.8, 4) is 0 Å². The van der Waals surface area contributed by atoms with Crippen molar-refractivity contribution >= 4 is 69.1 Å². The Morgan fingerprint density at radius 1 is 1.17 bits per heavy atom. The first-order valence-corrected chi connectivity index (χ1v) is 14.9. The summed E-state index contributed by atoms with van der Waals surface area (Å²) < 4.78 is 30.8. The molecule has 1 amide bonds. The van der Waals surface area contributed by atoms with E-state index < -0.39 is 11.8 Å². The van der Waals surface area contributed by atoms with Gasteiger partial charge in [-0.2, -0.15) is 0 Å². The lowest BCUT2D eigenvalue weighted by atomic mass is 9.90. The number of rotatable bonds is 8. The van der Waals surface area contributed by atoms with Crippen LogP contribution in [0.25, 0.3) is 11.0 Å². The van der Waals surface area contributed by atoms with E-state index in [0.717, 1.165) is 11.1 Å². The number of imidazole rings is 1. The normalized spacial score (nSPS) is 15.7. The lowest BCUT2D eigenvalue weighted by Crippen LogP contribution is -2.43. The van der Waals surface area contributed by atoms with Gasteiger partial charge in [-0.05, 0) is 55.2 Å². The fourth-order valence-corrected chi connectivity index (χ4v) is 6.14. The molecule has 1 fully saturated rings. The number of nitrogens with zero attached hydrogens (tertiary/aromatic N) is 4. The molecule has 1 aliphatic heterocycles. The molecule has 2 N–H and O–H groups in total. The minimum absolute atomic E-state index is 0.162. The van der Waals surface area contributed by atoms with E-state index in [1.165, 1.54) is 6.92 Å². The van der Waals surface area contributed by atoms with Gasteiger partial charge in [0.25, 0.3) is 11.8 Å². The molecule has 2 aromatic heterocycles. The van der Waals surface area contributed by atoms with Crippen molar-refractivity contribution in [3.05, 3.63) is 74.5 Å². The Morgan fingerprint density at radius 2 is 1.95 bits per heavy atom. The zero-order chi connectivity index (χ0) is 30.2. The van der Waals surface area contributed by atoms with Gasteiger partial charge in [0.2, 0.25) is 5.95 Å². The molecule has 3 heterocycles. The maximum Gasteiger partial charge on any atom is 0.270 e. The molecule has 5 rings (SSSR count). The zero-order valence-corrected chi connectivity index (χ0v) is 25.7. The van der Waals surface area contributed by atoms with Crippen LogP contribution in [-0.2, 0) is 13.6 Å². The van der Waals surface area contributed by atoms with Crippen LogP contribution in [0.5, 0.6) is 0 Å². The van der Waals surface area contributed by atoms with E-state index in [4.69, 9.17) is 39.8 Å². The molecule has 0 saturated carbocycles. The molecule has 0 aliphatic carbocycles. The van der Waals surface area contributed by atoms with Crippen LogP contribution in [0.4, 0.5) is 26.1 Å². The summed E-state index contributed by atoms with van der Waals surface area (Å²) in [4.78, 5) is 23.5. The van der Waals surface area contributed by atoms with E-state index in [-0.39, 0.29) is 25.4 Å². The van der Waals surface area contributed by atoms with E-state index in [2.05, 4.69) is 15.6 Å². The number of fused-ring (bicyclic) bond motifs is 1. The molecule has 42 heavy (non-hydrogen) atoms. The van der Waals surface area contributed by atoms with Crippen molar-refractivity contribution < 1.29 is 13.6 Å². The number of carbonyl (C=O) groups is 1. The minimum Gasteiger partial charge on any atom is -0.370 e. The van der Waals surface area contributed by atoms with Gasteiger partial charge in [-0.25, -0.2) is 13.8 Å². The first-order valence-electron chi connectivity index (χ1n) is 13.7. The smallest absolute Gasteiger partial charge is 0.270 e. The largest absolute Gasteiger partial charge is 0.370 e. The first kappa shape index (κ1) is 30.3. The number of carbonyl (C=O) groups excluding carboxylic acids is 1. The van der Waals surface area contributed by atoms with Gasteiger partial charge in [0, 0.05) is 45.2 Å². The molecule has 12 heteroatoms. The van der Waals surface area contributed by atoms with Gasteiger partial charge in [0.1, 0.15) is 5.69 Å². The number of halogens is 5. The highest BCUT2D eigenvalue weighted by molar-refractivity contribution is 6.39. The Morgan fingerprint density at radius 3 is 2.69 bits per heavy atom. The fraction of sp³-hybridized carbons (Fsp3) is 0.367.